The van der Waals surface area contributed by atoms with Gasteiger partial charge in [-0.1, -0.05) is 17.8 Å². The van der Waals surface area contributed by atoms with Crippen LogP contribution in [0.4, 0.5) is 4.39 Å². The lowest BCUT2D eigenvalue weighted by molar-refractivity contribution is 0.644. The molecule has 0 aliphatic heterocycles. The van der Waals surface area contributed by atoms with E-state index in [2.05, 4.69) is 15.2 Å². The highest BCUT2D eigenvalue weighted by Gasteiger charge is 2.07. The third-order valence-corrected chi connectivity index (χ3v) is 4.02. The molecular formula is C12H8FN3S2. The molecule has 0 aliphatic rings. The Morgan fingerprint density at radius 3 is 2.89 bits per heavy atom. The average Bonchev–Trinajstić information content (AvgIpc) is 2.80. The molecule has 0 saturated carbocycles. The molecular weight excluding hydrogens is 269 g/mol. The molecule has 0 spiro atoms. The summed E-state index contributed by atoms with van der Waals surface area (Å²) in [5.74, 6) is -0.177. The number of hydrogen-bond acceptors (Lipinski definition) is 5. The first kappa shape index (κ1) is 11.6. The smallest absolute Gasteiger partial charge is 0.208 e. The standard InChI is InChI=1S/C12H8FN3S2/c1-17-12-14-5-10(15-16-12)7-2-3-8-9(13)6-18-11(8)4-7/h2-6H,1H3. The predicted molar refractivity (Wildman–Crippen MR) is 72.4 cm³/mol. The van der Waals surface area contributed by atoms with Crippen LogP contribution in [0.5, 0.6) is 0 Å². The van der Waals surface area contributed by atoms with Gasteiger partial charge in [-0.25, -0.2) is 9.37 Å². The van der Waals surface area contributed by atoms with Gasteiger partial charge in [-0.3, -0.25) is 0 Å². The largest absolute Gasteiger partial charge is 0.227 e. The van der Waals surface area contributed by atoms with Gasteiger partial charge in [0.05, 0.1) is 6.20 Å². The van der Waals surface area contributed by atoms with Crippen LogP contribution in [-0.2, 0) is 0 Å². The monoisotopic (exact) mass is 277 g/mol. The molecule has 3 rings (SSSR count). The van der Waals surface area contributed by atoms with Crippen LogP contribution < -0.4 is 0 Å². The van der Waals surface area contributed by atoms with Gasteiger partial charge >= 0.3 is 0 Å². The number of benzene rings is 1. The van der Waals surface area contributed by atoms with E-state index < -0.39 is 0 Å². The van der Waals surface area contributed by atoms with Crippen molar-refractivity contribution < 1.29 is 4.39 Å². The van der Waals surface area contributed by atoms with Crippen molar-refractivity contribution in [2.24, 2.45) is 0 Å². The van der Waals surface area contributed by atoms with E-state index in [9.17, 15) is 4.39 Å². The molecule has 3 nitrogen and oxygen atoms in total. The van der Waals surface area contributed by atoms with Crippen molar-refractivity contribution in [2.45, 2.75) is 5.16 Å². The Kier molecular flexibility index (Phi) is 2.97. The molecule has 0 fully saturated rings. The lowest BCUT2D eigenvalue weighted by Crippen LogP contribution is -1.92. The van der Waals surface area contributed by atoms with Gasteiger partial charge in [0.2, 0.25) is 5.16 Å². The Hall–Kier alpha value is -1.53. The van der Waals surface area contributed by atoms with E-state index >= 15 is 0 Å². The van der Waals surface area contributed by atoms with E-state index in [1.165, 1.54) is 28.5 Å². The fourth-order valence-corrected chi connectivity index (χ4v) is 2.77. The van der Waals surface area contributed by atoms with E-state index in [-0.39, 0.29) is 5.82 Å². The highest BCUT2D eigenvalue weighted by Crippen LogP contribution is 2.28. The Balaban J connectivity index is 2.07. The van der Waals surface area contributed by atoms with Crippen molar-refractivity contribution in [3.63, 3.8) is 0 Å². The number of halogens is 1. The molecule has 0 saturated heterocycles. The predicted octanol–water partition coefficient (Wildman–Crippen LogP) is 3.61. The normalized spacial score (nSPS) is 11.0. The van der Waals surface area contributed by atoms with E-state index in [4.69, 9.17) is 0 Å². The summed E-state index contributed by atoms with van der Waals surface area (Å²) in [5.41, 5.74) is 1.60. The highest BCUT2D eigenvalue weighted by atomic mass is 32.2. The SMILES string of the molecule is CSc1ncc(-c2ccc3c(F)csc3c2)nn1. The summed E-state index contributed by atoms with van der Waals surface area (Å²) in [6.07, 6.45) is 3.58. The van der Waals surface area contributed by atoms with Crippen molar-refractivity contribution in [3.05, 3.63) is 35.6 Å². The highest BCUT2D eigenvalue weighted by molar-refractivity contribution is 7.98. The minimum atomic E-state index is -0.177. The number of thioether (sulfide) groups is 1. The van der Waals surface area contributed by atoms with Gasteiger partial charge < -0.3 is 0 Å². The summed E-state index contributed by atoms with van der Waals surface area (Å²) in [4.78, 5) is 4.18. The van der Waals surface area contributed by atoms with Crippen LogP contribution in [-0.4, -0.2) is 21.4 Å². The number of thiophene rings is 1. The van der Waals surface area contributed by atoms with Crippen LogP contribution in [0.25, 0.3) is 21.3 Å². The molecule has 0 atom stereocenters. The maximum Gasteiger partial charge on any atom is 0.208 e. The fraction of sp³-hybridized carbons (Fsp3) is 0.0833. The number of nitrogens with zero attached hydrogens (tertiary/aromatic N) is 3. The second-order valence-electron chi connectivity index (χ2n) is 3.62. The summed E-state index contributed by atoms with van der Waals surface area (Å²) >= 11 is 2.83. The molecule has 1 aromatic carbocycles. The lowest BCUT2D eigenvalue weighted by Gasteiger charge is -2.00. The van der Waals surface area contributed by atoms with Gasteiger partial charge in [0.15, 0.2) is 0 Å². The summed E-state index contributed by atoms with van der Waals surface area (Å²) in [7, 11) is 0. The Bertz CT molecular complexity index is 694. The topological polar surface area (TPSA) is 38.7 Å². The molecule has 0 radical (unpaired) electrons. The summed E-state index contributed by atoms with van der Waals surface area (Å²) in [5, 5.41) is 10.9. The fourth-order valence-electron chi connectivity index (χ4n) is 1.65. The molecule has 18 heavy (non-hydrogen) atoms. The second kappa shape index (κ2) is 4.62. The van der Waals surface area contributed by atoms with Crippen molar-refractivity contribution in [1.29, 1.82) is 0 Å². The van der Waals surface area contributed by atoms with Crippen molar-refractivity contribution in [1.82, 2.24) is 15.2 Å². The quantitative estimate of drug-likeness (QED) is 0.671. The number of fused-ring (bicyclic) bond motifs is 1. The number of rotatable bonds is 2. The Morgan fingerprint density at radius 2 is 2.17 bits per heavy atom. The molecule has 0 aliphatic carbocycles. The molecule has 90 valence electrons. The van der Waals surface area contributed by atoms with E-state index in [0.29, 0.717) is 16.2 Å². The zero-order valence-corrected chi connectivity index (χ0v) is 11.1. The van der Waals surface area contributed by atoms with Crippen molar-refractivity contribution in [2.75, 3.05) is 6.26 Å². The van der Waals surface area contributed by atoms with Crippen LogP contribution in [0, 0.1) is 5.82 Å². The molecule has 0 unspecified atom stereocenters. The van der Waals surface area contributed by atoms with Gasteiger partial charge in [-0.05, 0) is 18.4 Å². The van der Waals surface area contributed by atoms with Gasteiger partial charge in [-0.2, -0.15) is 0 Å². The van der Waals surface area contributed by atoms with Gasteiger partial charge in [0, 0.05) is 21.0 Å². The van der Waals surface area contributed by atoms with E-state index in [0.717, 1.165) is 10.3 Å². The van der Waals surface area contributed by atoms with E-state index in [1.807, 2.05) is 18.4 Å². The van der Waals surface area contributed by atoms with Gasteiger partial charge in [0.1, 0.15) is 11.5 Å². The second-order valence-corrected chi connectivity index (χ2v) is 5.31. The maximum atomic E-state index is 13.3. The molecule has 0 amide bonds. The first-order valence-corrected chi connectivity index (χ1v) is 7.29. The van der Waals surface area contributed by atoms with Crippen molar-refractivity contribution in [3.8, 4) is 11.3 Å². The third-order valence-electron chi connectivity index (χ3n) is 2.55. The van der Waals surface area contributed by atoms with Crippen LogP contribution in [0.1, 0.15) is 0 Å². The zero-order valence-electron chi connectivity index (χ0n) is 9.42. The molecule has 2 aromatic heterocycles. The molecule has 6 heteroatoms. The van der Waals surface area contributed by atoms with Crippen LogP contribution in [0.15, 0.2) is 34.9 Å². The van der Waals surface area contributed by atoms with Crippen LogP contribution in [0.3, 0.4) is 0 Å². The maximum absolute atomic E-state index is 13.3. The van der Waals surface area contributed by atoms with Crippen LogP contribution >= 0.6 is 23.1 Å². The number of aromatic nitrogens is 3. The summed E-state index contributed by atoms with van der Waals surface area (Å²) < 4.78 is 14.2. The molecule has 2 heterocycles. The van der Waals surface area contributed by atoms with Crippen LogP contribution in [0.2, 0.25) is 0 Å². The summed E-state index contributed by atoms with van der Waals surface area (Å²) in [6, 6.07) is 5.51. The Morgan fingerprint density at radius 1 is 1.28 bits per heavy atom. The average molecular weight is 277 g/mol. The molecule has 0 N–H and O–H groups in total. The van der Waals surface area contributed by atoms with Gasteiger partial charge in [0.25, 0.3) is 0 Å². The number of hydrogen-bond donors (Lipinski definition) is 0. The zero-order chi connectivity index (χ0) is 12.5. The van der Waals surface area contributed by atoms with Gasteiger partial charge in [-0.15, -0.1) is 21.5 Å². The van der Waals surface area contributed by atoms with Crippen molar-refractivity contribution >= 4 is 33.2 Å². The minimum Gasteiger partial charge on any atom is -0.227 e. The first-order valence-electron chi connectivity index (χ1n) is 5.19. The molecule has 0 bridgehead atoms. The minimum absolute atomic E-state index is 0.177. The first-order chi connectivity index (χ1) is 8.78. The molecule has 3 aromatic rings. The third kappa shape index (κ3) is 1.97. The Labute approximate surface area is 111 Å². The lowest BCUT2D eigenvalue weighted by atomic mass is 10.1. The summed E-state index contributed by atoms with van der Waals surface area (Å²) in [6.45, 7) is 0. The van der Waals surface area contributed by atoms with E-state index in [1.54, 1.807) is 12.3 Å².